The third-order valence-corrected chi connectivity index (χ3v) is 3.20. The Kier molecular flexibility index (Phi) is 5.17. The highest BCUT2D eigenvalue weighted by Gasteiger charge is 2.26. The van der Waals surface area contributed by atoms with Crippen LogP contribution in [-0.4, -0.2) is 31.9 Å². The van der Waals surface area contributed by atoms with Gasteiger partial charge in [-0.25, -0.2) is 0 Å². The minimum Gasteiger partial charge on any atom is -0.496 e. The first-order chi connectivity index (χ1) is 8.42. The molecule has 0 saturated carbocycles. The number of ether oxygens (including phenoxy) is 1. The van der Waals surface area contributed by atoms with E-state index in [9.17, 15) is 0 Å². The van der Waals surface area contributed by atoms with Crippen LogP contribution in [0.3, 0.4) is 0 Å². The first-order valence-electron chi connectivity index (χ1n) is 6.39. The topological polar surface area (TPSA) is 41.5 Å². The molecule has 0 aromatic heterocycles. The molecule has 0 saturated heterocycles. The lowest BCUT2D eigenvalue weighted by molar-refractivity contribution is 0.285. The summed E-state index contributed by atoms with van der Waals surface area (Å²) in [6.07, 6.45) is 0. The van der Waals surface area contributed by atoms with Crippen LogP contribution in [0.25, 0.3) is 0 Å². The molecule has 0 aliphatic carbocycles. The summed E-state index contributed by atoms with van der Waals surface area (Å²) < 4.78 is 5.52. The van der Waals surface area contributed by atoms with Gasteiger partial charge in [0.2, 0.25) is 0 Å². The van der Waals surface area contributed by atoms with Crippen molar-refractivity contribution in [2.75, 3.05) is 26.8 Å². The van der Waals surface area contributed by atoms with Crippen LogP contribution in [0.15, 0.2) is 12.1 Å². The van der Waals surface area contributed by atoms with E-state index in [2.05, 4.69) is 45.1 Å². The number of hydrogen-bond donors (Lipinski definition) is 2. The lowest BCUT2D eigenvalue weighted by atomic mass is 9.80. The fourth-order valence-corrected chi connectivity index (χ4v) is 2.53. The second kappa shape index (κ2) is 6.21. The van der Waals surface area contributed by atoms with Crippen LogP contribution in [0.1, 0.15) is 30.5 Å². The molecule has 3 nitrogen and oxygen atoms in total. The number of rotatable bonds is 6. The van der Waals surface area contributed by atoms with Gasteiger partial charge >= 0.3 is 0 Å². The molecule has 1 aromatic carbocycles. The molecule has 18 heavy (non-hydrogen) atoms. The van der Waals surface area contributed by atoms with Crippen molar-refractivity contribution < 1.29 is 9.84 Å². The molecule has 3 heteroatoms. The molecule has 0 amide bonds. The van der Waals surface area contributed by atoms with Gasteiger partial charge < -0.3 is 15.2 Å². The summed E-state index contributed by atoms with van der Waals surface area (Å²) in [5, 5.41) is 12.1. The largest absolute Gasteiger partial charge is 0.496 e. The first-order valence-corrected chi connectivity index (χ1v) is 6.39. The van der Waals surface area contributed by atoms with Gasteiger partial charge in [0.1, 0.15) is 5.75 Å². The van der Waals surface area contributed by atoms with Crippen molar-refractivity contribution in [1.29, 1.82) is 0 Å². The Bertz CT molecular complexity index is 400. The predicted octanol–water partition coefficient (Wildman–Crippen LogP) is 2.17. The zero-order chi connectivity index (χ0) is 13.8. The molecule has 0 fully saturated rings. The monoisotopic (exact) mass is 251 g/mol. The van der Waals surface area contributed by atoms with E-state index in [1.54, 1.807) is 7.11 Å². The lowest BCUT2D eigenvalue weighted by Crippen LogP contribution is -2.35. The quantitative estimate of drug-likeness (QED) is 0.761. The van der Waals surface area contributed by atoms with Crippen LogP contribution in [0.5, 0.6) is 5.75 Å². The zero-order valence-corrected chi connectivity index (χ0v) is 12.1. The average Bonchev–Trinajstić information content (AvgIpc) is 2.27. The number of benzene rings is 1. The molecular formula is C15H25NO2. The van der Waals surface area contributed by atoms with Gasteiger partial charge in [-0.15, -0.1) is 0 Å². The predicted molar refractivity (Wildman–Crippen MR) is 75.4 cm³/mol. The Morgan fingerprint density at radius 3 is 2.50 bits per heavy atom. The van der Waals surface area contributed by atoms with E-state index in [0.717, 1.165) is 12.3 Å². The second-order valence-corrected chi connectivity index (χ2v) is 5.44. The van der Waals surface area contributed by atoms with Gasteiger partial charge in [-0.3, -0.25) is 0 Å². The molecule has 0 heterocycles. The maximum absolute atomic E-state index is 8.84. The van der Waals surface area contributed by atoms with E-state index in [-0.39, 0.29) is 12.0 Å². The van der Waals surface area contributed by atoms with Crippen LogP contribution in [-0.2, 0) is 5.41 Å². The fourth-order valence-electron chi connectivity index (χ4n) is 2.53. The van der Waals surface area contributed by atoms with Crippen molar-refractivity contribution in [2.24, 2.45) is 0 Å². The van der Waals surface area contributed by atoms with Crippen LogP contribution in [0, 0.1) is 13.8 Å². The van der Waals surface area contributed by atoms with Crippen LogP contribution < -0.4 is 10.1 Å². The highest BCUT2D eigenvalue weighted by atomic mass is 16.5. The normalized spacial score (nSPS) is 11.7. The van der Waals surface area contributed by atoms with Gasteiger partial charge in [-0.1, -0.05) is 19.9 Å². The maximum Gasteiger partial charge on any atom is 0.123 e. The third-order valence-electron chi connectivity index (χ3n) is 3.20. The van der Waals surface area contributed by atoms with E-state index in [1.807, 2.05) is 0 Å². The Morgan fingerprint density at radius 2 is 1.94 bits per heavy atom. The molecule has 0 unspecified atom stereocenters. The van der Waals surface area contributed by atoms with E-state index in [1.165, 1.54) is 16.7 Å². The van der Waals surface area contributed by atoms with E-state index in [4.69, 9.17) is 9.84 Å². The molecule has 0 aliphatic rings. The summed E-state index contributed by atoms with van der Waals surface area (Å²) in [6.45, 7) is 10.2. The minimum atomic E-state index is -0.0295. The molecule has 2 N–H and O–H groups in total. The van der Waals surface area contributed by atoms with E-state index < -0.39 is 0 Å². The highest BCUT2D eigenvalue weighted by molar-refractivity contribution is 5.47. The number of methoxy groups -OCH3 is 1. The van der Waals surface area contributed by atoms with Gasteiger partial charge in [0, 0.05) is 24.1 Å². The van der Waals surface area contributed by atoms with Gasteiger partial charge in [-0.05, 0) is 31.0 Å². The first kappa shape index (κ1) is 15.0. The number of hydrogen-bond acceptors (Lipinski definition) is 3. The van der Waals surface area contributed by atoms with E-state index >= 15 is 0 Å². The van der Waals surface area contributed by atoms with Crippen molar-refractivity contribution in [1.82, 2.24) is 5.32 Å². The van der Waals surface area contributed by atoms with Crippen LogP contribution in [0.4, 0.5) is 0 Å². The second-order valence-electron chi connectivity index (χ2n) is 5.44. The van der Waals surface area contributed by atoms with Crippen molar-refractivity contribution in [2.45, 2.75) is 33.1 Å². The van der Waals surface area contributed by atoms with Crippen molar-refractivity contribution in [3.05, 3.63) is 28.8 Å². The Morgan fingerprint density at radius 1 is 1.28 bits per heavy atom. The summed E-state index contributed by atoms with van der Waals surface area (Å²) in [6, 6.07) is 4.27. The summed E-state index contributed by atoms with van der Waals surface area (Å²) in [5.74, 6) is 0.947. The number of aryl methyl sites for hydroxylation is 2. The Balaban J connectivity index is 3.06. The zero-order valence-electron chi connectivity index (χ0n) is 12.1. The van der Waals surface area contributed by atoms with Crippen LogP contribution >= 0.6 is 0 Å². The molecule has 102 valence electrons. The molecule has 0 aliphatic heterocycles. The standard InChI is InChI=1S/C15H25NO2/c1-11-8-12(2)14(13(9-11)18-5)15(3,4)10-16-6-7-17/h8-9,16-17H,6-7,10H2,1-5H3. The van der Waals surface area contributed by atoms with Gasteiger partial charge in [0.05, 0.1) is 13.7 Å². The minimum absolute atomic E-state index is 0.0295. The number of nitrogens with one attached hydrogen (secondary N) is 1. The SMILES string of the molecule is COc1cc(C)cc(C)c1C(C)(C)CNCCO. The molecule has 0 spiro atoms. The molecule has 0 radical (unpaired) electrons. The third kappa shape index (κ3) is 3.47. The summed E-state index contributed by atoms with van der Waals surface area (Å²) in [4.78, 5) is 0. The van der Waals surface area contributed by atoms with Crippen LogP contribution in [0.2, 0.25) is 0 Å². The fraction of sp³-hybridized carbons (Fsp3) is 0.600. The Hall–Kier alpha value is -1.06. The maximum atomic E-state index is 8.84. The summed E-state index contributed by atoms with van der Waals surface area (Å²) >= 11 is 0. The lowest BCUT2D eigenvalue weighted by Gasteiger charge is -2.29. The molecule has 1 rings (SSSR count). The molecular weight excluding hydrogens is 226 g/mol. The van der Waals surface area contributed by atoms with Crippen molar-refractivity contribution >= 4 is 0 Å². The summed E-state index contributed by atoms with van der Waals surface area (Å²) in [7, 11) is 1.72. The smallest absolute Gasteiger partial charge is 0.123 e. The number of aliphatic hydroxyl groups excluding tert-OH is 1. The van der Waals surface area contributed by atoms with Crippen molar-refractivity contribution in [3.63, 3.8) is 0 Å². The Labute approximate surface area is 110 Å². The van der Waals surface area contributed by atoms with Gasteiger partial charge in [0.25, 0.3) is 0 Å². The number of aliphatic hydroxyl groups is 1. The highest BCUT2D eigenvalue weighted by Crippen LogP contribution is 2.35. The van der Waals surface area contributed by atoms with Gasteiger partial charge in [0.15, 0.2) is 0 Å². The van der Waals surface area contributed by atoms with Crippen molar-refractivity contribution in [3.8, 4) is 5.75 Å². The summed E-state index contributed by atoms with van der Waals surface area (Å²) in [5.41, 5.74) is 3.68. The van der Waals surface area contributed by atoms with Gasteiger partial charge in [-0.2, -0.15) is 0 Å². The molecule has 0 bridgehead atoms. The average molecular weight is 251 g/mol. The molecule has 1 aromatic rings. The van der Waals surface area contributed by atoms with E-state index in [0.29, 0.717) is 6.54 Å². The molecule has 0 atom stereocenters.